The van der Waals surface area contributed by atoms with E-state index in [0.29, 0.717) is 59.5 Å². The van der Waals surface area contributed by atoms with Crippen LogP contribution in [-0.4, -0.2) is 85.7 Å². The topological polar surface area (TPSA) is 98.5 Å². The van der Waals surface area contributed by atoms with E-state index in [1.54, 1.807) is 7.11 Å². The molecular formula is C13H27NO7. The third kappa shape index (κ3) is 17.2. The van der Waals surface area contributed by atoms with Gasteiger partial charge in [0.05, 0.1) is 66.0 Å². The van der Waals surface area contributed by atoms with E-state index in [9.17, 15) is 4.79 Å². The van der Waals surface area contributed by atoms with Gasteiger partial charge in [0.2, 0.25) is 0 Å². The van der Waals surface area contributed by atoms with Crippen LogP contribution in [0.4, 0.5) is 0 Å². The number of hydrogen-bond acceptors (Lipinski definition) is 8. The third-order valence-electron chi connectivity index (χ3n) is 2.21. The molecule has 0 aromatic rings. The lowest BCUT2D eigenvalue weighted by molar-refractivity contribution is -0.143. The molecular weight excluding hydrogens is 282 g/mol. The molecule has 21 heavy (non-hydrogen) atoms. The zero-order valence-electron chi connectivity index (χ0n) is 12.7. The van der Waals surface area contributed by atoms with Crippen molar-refractivity contribution in [2.45, 2.75) is 0 Å². The first kappa shape index (κ1) is 20.2. The zero-order valence-corrected chi connectivity index (χ0v) is 12.7. The van der Waals surface area contributed by atoms with Gasteiger partial charge < -0.3 is 34.2 Å². The maximum atomic E-state index is 10.7. The maximum Gasteiger partial charge on any atom is 0.319 e. The fourth-order valence-electron chi connectivity index (χ4n) is 1.18. The Morgan fingerprint density at radius 1 is 0.714 bits per heavy atom. The molecule has 0 saturated heterocycles. The lowest BCUT2D eigenvalue weighted by Crippen LogP contribution is -2.19. The average Bonchev–Trinajstić information content (AvgIpc) is 2.50. The van der Waals surface area contributed by atoms with Crippen molar-refractivity contribution < 1.29 is 33.2 Å². The summed E-state index contributed by atoms with van der Waals surface area (Å²) in [6, 6.07) is 0. The molecule has 0 aliphatic carbocycles. The minimum absolute atomic E-state index is 0.111. The van der Waals surface area contributed by atoms with Gasteiger partial charge in [-0.15, -0.1) is 0 Å². The summed E-state index contributed by atoms with van der Waals surface area (Å²) in [5.74, 6) is -0.432. The maximum absolute atomic E-state index is 10.7. The quantitative estimate of drug-likeness (QED) is 0.292. The summed E-state index contributed by atoms with van der Waals surface area (Å²) in [4.78, 5) is 10.7. The number of methoxy groups -OCH3 is 1. The first-order valence-electron chi connectivity index (χ1n) is 6.97. The normalized spacial score (nSPS) is 10.8. The molecule has 0 atom stereocenters. The molecule has 0 aromatic heterocycles. The number of esters is 1. The predicted octanol–water partition coefficient (Wildman–Crippen LogP) is -0.799. The molecule has 0 bridgehead atoms. The largest absolute Gasteiger partial charge is 0.462 e. The molecule has 2 N–H and O–H groups in total. The average molecular weight is 309 g/mol. The van der Waals surface area contributed by atoms with E-state index in [2.05, 4.69) is 0 Å². The highest BCUT2D eigenvalue weighted by Crippen LogP contribution is 1.84. The van der Waals surface area contributed by atoms with Crippen molar-refractivity contribution in [1.82, 2.24) is 0 Å². The second-order valence-corrected chi connectivity index (χ2v) is 3.87. The van der Waals surface area contributed by atoms with Crippen molar-refractivity contribution in [3.05, 3.63) is 0 Å². The highest BCUT2D eigenvalue weighted by molar-refractivity contribution is 5.71. The molecule has 0 saturated carbocycles. The van der Waals surface area contributed by atoms with Gasteiger partial charge in [-0.25, -0.2) is 0 Å². The molecule has 0 aromatic carbocycles. The van der Waals surface area contributed by atoms with E-state index in [0.717, 1.165) is 0 Å². The fourth-order valence-corrected chi connectivity index (χ4v) is 1.18. The number of rotatable bonds is 16. The molecule has 8 nitrogen and oxygen atoms in total. The highest BCUT2D eigenvalue weighted by Gasteiger charge is 1.97. The standard InChI is InChI=1S/C13H27NO7/c1-16-2-3-17-4-5-18-6-7-19-8-9-20-10-11-21-13(15)12-14/h2-12,14H2,1H3. The van der Waals surface area contributed by atoms with Gasteiger partial charge in [0.25, 0.3) is 0 Å². The van der Waals surface area contributed by atoms with Crippen LogP contribution in [0.2, 0.25) is 0 Å². The van der Waals surface area contributed by atoms with Gasteiger partial charge in [-0.3, -0.25) is 4.79 Å². The Balaban J connectivity index is 2.98. The van der Waals surface area contributed by atoms with Gasteiger partial charge in [0.15, 0.2) is 0 Å². The molecule has 0 rings (SSSR count). The van der Waals surface area contributed by atoms with E-state index in [-0.39, 0.29) is 13.2 Å². The molecule has 0 unspecified atom stereocenters. The lowest BCUT2D eigenvalue weighted by Gasteiger charge is -2.07. The van der Waals surface area contributed by atoms with Crippen molar-refractivity contribution >= 4 is 5.97 Å². The van der Waals surface area contributed by atoms with Crippen molar-refractivity contribution in [3.63, 3.8) is 0 Å². The highest BCUT2D eigenvalue weighted by atomic mass is 16.6. The summed E-state index contributed by atoms with van der Waals surface area (Å²) in [5, 5.41) is 0. The molecule has 0 aliphatic heterocycles. The van der Waals surface area contributed by atoms with Gasteiger partial charge in [0, 0.05) is 7.11 Å². The first-order chi connectivity index (χ1) is 10.3. The van der Waals surface area contributed by atoms with Gasteiger partial charge in [0.1, 0.15) is 6.61 Å². The van der Waals surface area contributed by atoms with Crippen LogP contribution in [-0.2, 0) is 33.2 Å². The summed E-state index contributed by atoms with van der Waals surface area (Å²) in [6.07, 6.45) is 0. The fraction of sp³-hybridized carbons (Fsp3) is 0.923. The van der Waals surface area contributed by atoms with E-state index in [1.807, 2.05) is 0 Å². The van der Waals surface area contributed by atoms with Crippen molar-refractivity contribution in [3.8, 4) is 0 Å². The summed E-state index contributed by atoms with van der Waals surface area (Å²) in [5.41, 5.74) is 5.07. The second-order valence-electron chi connectivity index (χ2n) is 3.87. The Hall–Kier alpha value is -0.770. The molecule has 126 valence electrons. The molecule has 0 fully saturated rings. The van der Waals surface area contributed by atoms with Crippen LogP contribution in [0.3, 0.4) is 0 Å². The van der Waals surface area contributed by atoms with Crippen LogP contribution in [0.15, 0.2) is 0 Å². The van der Waals surface area contributed by atoms with Crippen molar-refractivity contribution in [1.29, 1.82) is 0 Å². The Bertz CT molecular complexity index is 229. The molecule has 8 heteroatoms. The van der Waals surface area contributed by atoms with Gasteiger partial charge >= 0.3 is 5.97 Å². The monoisotopic (exact) mass is 309 g/mol. The SMILES string of the molecule is COCCOCCOCCOCCOCCOC(=O)CN. The Labute approximate surface area is 125 Å². The molecule has 0 spiro atoms. The Kier molecular flexibility index (Phi) is 16.6. The van der Waals surface area contributed by atoms with Gasteiger partial charge in [-0.05, 0) is 0 Å². The molecule has 0 amide bonds. The Morgan fingerprint density at radius 2 is 1.10 bits per heavy atom. The van der Waals surface area contributed by atoms with Crippen LogP contribution in [0, 0.1) is 0 Å². The number of nitrogens with two attached hydrogens (primary N) is 1. The first-order valence-corrected chi connectivity index (χ1v) is 6.97. The minimum Gasteiger partial charge on any atom is -0.462 e. The number of hydrogen-bond donors (Lipinski definition) is 1. The van der Waals surface area contributed by atoms with Crippen LogP contribution in [0.25, 0.3) is 0 Å². The van der Waals surface area contributed by atoms with Crippen molar-refractivity contribution in [2.75, 3.05) is 79.7 Å². The van der Waals surface area contributed by atoms with Crippen LogP contribution in [0.5, 0.6) is 0 Å². The zero-order chi connectivity index (χ0) is 15.6. The predicted molar refractivity (Wildman–Crippen MR) is 75.2 cm³/mol. The summed E-state index contributed by atoms with van der Waals surface area (Å²) in [7, 11) is 1.63. The van der Waals surface area contributed by atoms with Crippen LogP contribution >= 0.6 is 0 Å². The Morgan fingerprint density at radius 3 is 1.48 bits per heavy atom. The van der Waals surface area contributed by atoms with Crippen LogP contribution < -0.4 is 5.73 Å². The summed E-state index contributed by atoms with van der Waals surface area (Å²) in [6.45, 7) is 4.63. The van der Waals surface area contributed by atoms with E-state index < -0.39 is 5.97 Å². The van der Waals surface area contributed by atoms with Crippen LogP contribution in [0.1, 0.15) is 0 Å². The van der Waals surface area contributed by atoms with E-state index in [1.165, 1.54) is 0 Å². The van der Waals surface area contributed by atoms with Gasteiger partial charge in [-0.1, -0.05) is 0 Å². The van der Waals surface area contributed by atoms with Crippen molar-refractivity contribution in [2.24, 2.45) is 5.73 Å². The number of carbonyl (C=O) groups is 1. The van der Waals surface area contributed by atoms with Gasteiger partial charge in [-0.2, -0.15) is 0 Å². The second kappa shape index (κ2) is 17.3. The molecule has 0 heterocycles. The van der Waals surface area contributed by atoms with E-state index >= 15 is 0 Å². The third-order valence-corrected chi connectivity index (χ3v) is 2.21. The molecule has 0 radical (unpaired) electrons. The number of ether oxygens (including phenoxy) is 6. The summed E-state index contributed by atoms with van der Waals surface area (Å²) >= 11 is 0. The summed E-state index contributed by atoms with van der Waals surface area (Å²) < 4.78 is 30.6. The minimum atomic E-state index is -0.432. The number of carbonyl (C=O) groups excluding carboxylic acids is 1. The lowest BCUT2D eigenvalue weighted by atomic mass is 10.6. The molecule has 0 aliphatic rings. The van der Waals surface area contributed by atoms with E-state index in [4.69, 9.17) is 34.2 Å². The smallest absolute Gasteiger partial charge is 0.319 e.